The minimum Gasteiger partial charge on any atom is -0.494 e. The van der Waals surface area contributed by atoms with Crippen molar-refractivity contribution >= 4 is 5.91 Å². The number of hydrogen-bond donors (Lipinski definition) is 2. The Kier molecular flexibility index (Phi) is 6.66. The molecule has 0 bridgehead atoms. The topological polar surface area (TPSA) is 68.2 Å². The summed E-state index contributed by atoms with van der Waals surface area (Å²) in [6, 6.07) is 10.2. The lowest BCUT2D eigenvalue weighted by atomic mass is 10.1. The molecule has 3 rings (SSSR count). The molecule has 140 valence electrons. The lowest BCUT2D eigenvalue weighted by Crippen LogP contribution is -2.32. The van der Waals surface area contributed by atoms with Gasteiger partial charge in [0.15, 0.2) is 0 Å². The van der Waals surface area contributed by atoms with Crippen molar-refractivity contribution in [2.45, 2.75) is 38.6 Å². The second kappa shape index (κ2) is 9.38. The highest BCUT2D eigenvalue weighted by atomic mass is 16.5. The summed E-state index contributed by atoms with van der Waals surface area (Å²) in [5.74, 6) is 0.786. The average Bonchev–Trinajstić information content (AvgIpc) is 3.17. The number of ether oxygens (including phenoxy) is 1. The summed E-state index contributed by atoms with van der Waals surface area (Å²) in [5, 5.41) is 10.7. The van der Waals surface area contributed by atoms with Crippen molar-refractivity contribution in [2.75, 3.05) is 26.2 Å². The molecule has 1 aliphatic heterocycles. The molecule has 1 atom stereocenters. The molecule has 1 amide bonds. The summed E-state index contributed by atoms with van der Waals surface area (Å²) in [7, 11) is 0. The van der Waals surface area contributed by atoms with E-state index in [1.54, 1.807) is 6.07 Å². The van der Waals surface area contributed by atoms with E-state index in [-0.39, 0.29) is 5.91 Å². The zero-order chi connectivity index (χ0) is 18.2. The zero-order valence-electron chi connectivity index (χ0n) is 15.4. The first-order valence-electron chi connectivity index (χ1n) is 9.46. The van der Waals surface area contributed by atoms with Crippen LogP contribution in [0.25, 0.3) is 0 Å². The van der Waals surface area contributed by atoms with E-state index in [9.17, 15) is 4.79 Å². The summed E-state index contributed by atoms with van der Waals surface area (Å²) >= 11 is 0. The highest BCUT2D eigenvalue weighted by molar-refractivity contribution is 5.92. The van der Waals surface area contributed by atoms with Crippen LogP contribution in [-0.4, -0.2) is 41.9 Å². The standard InChI is InChI=1S/C20H28N4O2/c1-16-6-8-18(9-7-16)26-14-3-2-12-22-20(25)19-10-13-24(23-19)17-5-4-11-21-15-17/h6-10,13,17,21H,2-5,11-12,14-15H2,1H3,(H,22,25). The van der Waals surface area contributed by atoms with Crippen molar-refractivity contribution in [2.24, 2.45) is 0 Å². The fraction of sp³-hybridized carbons (Fsp3) is 0.500. The van der Waals surface area contributed by atoms with Gasteiger partial charge in [0, 0.05) is 19.3 Å². The van der Waals surface area contributed by atoms with Gasteiger partial charge in [0.25, 0.3) is 5.91 Å². The molecular weight excluding hydrogens is 328 g/mol. The lowest BCUT2D eigenvalue weighted by Gasteiger charge is -2.22. The molecule has 0 aliphatic carbocycles. The molecule has 0 radical (unpaired) electrons. The van der Waals surface area contributed by atoms with Crippen molar-refractivity contribution in [3.63, 3.8) is 0 Å². The van der Waals surface area contributed by atoms with Crippen LogP contribution in [0.2, 0.25) is 0 Å². The van der Waals surface area contributed by atoms with Crippen LogP contribution in [0, 0.1) is 6.92 Å². The Bertz CT molecular complexity index is 690. The van der Waals surface area contributed by atoms with Crippen LogP contribution in [0.15, 0.2) is 36.5 Å². The molecule has 0 spiro atoms. The number of nitrogens with one attached hydrogen (secondary N) is 2. The average molecular weight is 356 g/mol. The van der Waals surface area contributed by atoms with Crippen LogP contribution >= 0.6 is 0 Å². The number of carbonyl (C=O) groups is 1. The number of carbonyl (C=O) groups excluding carboxylic acids is 1. The van der Waals surface area contributed by atoms with Crippen LogP contribution in [0.1, 0.15) is 47.8 Å². The Labute approximate surface area is 154 Å². The van der Waals surface area contributed by atoms with Gasteiger partial charge >= 0.3 is 0 Å². The van der Waals surface area contributed by atoms with E-state index < -0.39 is 0 Å². The molecule has 6 heteroatoms. The number of hydrogen-bond acceptors (Lipinski definition) is 4. The third kappa shape index (κ3) is 5.33. The summed E-state index contributed by atoms with van der Waals surface area (Å²) in [4.78, 5) is 12.2. The molecule has 1 unspecified atom stereocenters. The van der Waals surface area contributed by atoms with Gasteiger partial charge in [-0.3, -0.25) is 9.48 Å². The third-order valence-corrected chi connectivity index (χ3v) is 4.63. The van der Waals surface area contributed by atoms with Crippen molar-refractivity contribution in [3.05, 3.63) is 47.8 Å². The van der Waals surface area contributed by atoms with Gasteiger partial charge < -0.3 is 15.4 Å². The number of amides is 1. The van der Waals surface area contributed by atoms with Crippen LogP contribution in [0.4, 0.5) is 0 Å². The van der Waals surface area contributed by atoms with E-state index in [2.05, 4.69) is 22.7 Å². The quantitative estimate of drug-likeness (QED) is 0.714. The summed E-state index contributed by atoms with van der Waals surface area (Å²) in [6.45, 7) is 5.33. The molecule has 2 heterocycles. The number of aromatic nitrogens is 2. The van der Waals surface area contributed by atoms with Gasteiger partial charge in [-0.25, -0.2) is 0 Å². The van der Waals surface area contributed by atoms with Crippen LogP contribution < -0.4 is 15.4 Å². The molecule has 2 N–H and O–H groups in total. The zero-order valence-corrected chi connectivity index (χ0v) is 15.4. The lowest BCUT2D eigenvalue weighted by molar-refractivity contribution is 0.0946. The van der Waals surface area contributed by atoms with Gasteiger partial charge in [0.1, 0.15) is 11.4 Å². The number of unbranched alkanes of at least 4 members (excludes halogenated alkanes) is 1. The monoisotopic (exact) mass is 356 g/mol. The van der Waals surface area contributed by atoms with Gasteiger partial charge in [-0.2, -0.15) is 5.10 Å². The van der Waals surface area contributed by atoms with Gasteiger partial charge in [0.05, 0.1) is 12.6 Å². The minimum atomic E-state index is -0.105. The van der Waals surface area contributed by atoms with E-state index in [1.807, 2.05) is 35.1 Å². The molecule has 1 saturated heterocycles. The Balaban J connectivity index is 1.32. The highest BCUT2D eigenvalue weighted by Crippen LogP contribution is 2.15. The Hall–Kier alpha value is -2.34. The number of aryl methyl sites for hydroxylation is 1. The SMILES string of the molecule is Cc1ccc(OCCCCNC(=O)c2ccn(C3CCCNC3)n2)cc1. The molecule has 0 saturated carbocycles. The number of benzene rings is 1. The van der Waals surface area contributed by atoms with Crippen molar-refractivity contribution in [1.29, 1.82) is 0 Å². The molecule has 2 aromatic rings. The van der Waals surface area contributed by atoms with Crippen molar-refractivity contribution < 1.29 is 9.53 Å². The maximum Gasteiger partial charge on any atom is 0.271 e. The fourth-order valence-corrected chi connectivity index (χ4v) is 3.07. The van der Waals surface area contributed by atoms with Gasteiger partial charge in [-0.05, 0) is 57.4 Å². The predicted molar refractivity (Wildman–Crippen MR) is 102 cm³/mol. The van der Waals surface area contributed by atoms with Gasteiger partial charge in [-0.15, -0.1) is 0 Å². The molecule has 1 fully saturated rings. The fourth-order valence-electron chi connectivity index (χ4n) is 3.07. The molecule has 6 nitrogen and oxygen atoms in total. The molecule has 1 aromatic carbocycles. The summed E-state index contributed by atoms with van der Waals surface area (Å²) in [5.41, 5.74) is 1.72. The van der Waals surface area contributed by atoms with Gasteiger partial charge in [-0.1, -0.05) is 17.7 Å². The third-order valence-electron chi connectivity index (χ3n) is 4.63. The van der Waals surface area contributed by atoms with E-state index in [4.69, 9.17) is 4.74 Å². The maximum atomic E-state index is 12.2. The number of nitrogens with zero attached hydrogens (tertiary/aromatic N) is 2. The Morgan fingerprint density at radius 3 is 2.92 bits per heavy atom. The first-order chi connectivity index (χ1) is 12.7. The molecule has 1 aromatic heterocycles. The van der Waals surface area contributed by atoms with Crippen molar-refractivity contribution in [1.82, 2.24) is 20.4 Å². The van der Waals surface area contributed by atoms with Crippen LogP contribution in [0.3, 0.4) is 0 Å². The first-order valence-corrected chi connectivity index (χ1v) is 9.46. The second-order valence-electron chi connectivity index (χ2n) is 6.81. The Morgan fingerprint density at radius 2 is 2.15 bits per heavy atom. The van der Waals surface area contributed by atoms with E-state index in [0.717, 1.165) is 44.5 Å². The highest BCUT2D eigenvalue weighted by Gasteiger charge is 2.17. The first kappa shape index (κ1) is 18.5. The molecule has 26 heavy (non-hydrogen) atoms. The summed E-state index contributed by atoms with van der Waals surface area (Å²) < 4.78 is 7.60. The number of rotatable bonds is 8. The minimum absolute atomic E-state index is 0.105. The largest absolute Gasteiger partial charge is 0.494 e. The molecule has 1 aliphatic rings. The Morgan fingerprint density at radius 1 is 1.31 bits per heavy atom. The number of piperidine rings is 1. The maximum absolute atomic E-state index is 12.2. The van der Waals surface area contributed by atoms with Crippen molar-refractivity contribution in [3.8, 4) is 5.75 Å². The van der Waals surface area contributed by atoms with E-state index in [0.29, 0.717) is 24.9 Å². The van der Waals surface area contributed by atoms with E-state index in [1.165, 1.54) is 5.56 Å². The smallest absolute Gasteiger partial charge is 0.271 e. The van der Waals surface area contributed by atoms with E-state index >= 15 is 0 Å². The van der Waals surface area contributed by atoms with Crippen LogP contribution in [0.5, 0.6) is 5.75 Å². The summed E-state index contributed by atoms with van der Waals surface area (Å²) in [6.07, 6.45) is 5.94. The molecular formula is C20H28N4O2. The second-order valence-corrected chi connectivity index (χ2v) is 6.81. The predicted octanol–water partition coefficient (Wildman–Crippen LogP) is 2.71. The van der Waals surface area contributed by atoms with Crippen LogP contribution in [-0.2, 0) is 0 Å². The van der Waals surface area contributed by atoms with Gasteiger partial charge in [0.2, 0.25) is 0 Å². The normalized spacial score (nSPS) is 17.0.